The molecule has 0 spiro atoms. The Kier molecular flexibility index (Phi) is 3.82. The number of nitrogens with zero attached hydrogens (tertiary/aromatic N) is 2. The second-order valence-corrected chi connectivity index (χ2v) is 6.06. The number of nitrogens with one attached hydrogen (secondary N) is 1. The molecule has 0 aromatic carbocycles. The molecule has 1 fully saturated rings. The van der Waals surface area contributed by atoms with Gasteiger partial charge in [-0.1, -0.05) is 0 Å². The van der Waals surface area contributed by atoms with Crippen LogP contribution in [0.2, 0.25) is 0 Å². The monoisotopic (exact) mass is 239 g/mol. The van der Waals surface area contributed by atoms with E-state index in [0.717, 1.165) is 5.13 Å². The van der Waals surface area contributed by atoms with Crippen molar-refractivity contribution >= 4 is 16.5 Å². The minimum atomic E-state index is 0.612. The molecule has 4 heteroatoms. The average molecular weight is 239 g/mol. The van der Waals surface area contributed by atoms with E-state index in [-0.39, 0.29) is 0 Å². The fraction of sp³-hybridized carbons (Fsp3) is 0.750. The number of rotatable bonds is 3. The minimum Gasteiger partial charge on any atom is -0.359 e. The molecule has 2 rings (SSSR count). The molecular formula is C12H21N3S. The van der Waals surface area contributed by atoms with Gasteiger partial charge >= 0.3 is 0 Å². The third-order valence-corrected chi connectivity index (χ3v) is 4.05. The molecule has 0 bridgehead atoms. The van der Waals surface area contributed by atoms with Crippen molar-refractivity contribution in [3.8, 4) is 0 Å². The number of aryl methyl sites for hydroxylation is 1. The SMILES string of the molecule is Cc1cnc(NC2CCN(C(C)C)CC2)s1. The molecule has 1 aromatic rings. The van der Waals surface area contributed by atoms with Crippen LogP contribution in [0, 0.1) is 6.92 Å². The van der Waals surface area contributed by atoms with E-state index < -0.39 is 0 Å². The Morgan fingerprint density at radius 3 is 2.62 bits per heavy atom. The summed E-state index contributed by atoms with van der Waals surface area (Å²) in [6.45, 7) is 9.07. The summed E-state index contributed by atoms with van der Waals surface area (Å²) in [5.41, 5.74) is 0. The van der Waals surface area contributed by atoms with Crippen LogP contribution in [0.3, 0.4) is 0 Å². The summed E-state index contributed by atoms with van der Waals surface area (Å²) in [6, 6.07) is 1.30. The van der Waals surface area contributed by atoms with Crippen molar-refractivity contribution in [2.45, 2.75) is 45.7 Å². The number of hydrogen-bond donors (Lipinski definition) is 1. The first-order chi connectivity index (χ1) is 7.65. The van der Waals surface area contributed by atoms with Gasteiger partial charge in [-0.25, -0.2) is 4.98 Å². The van der Waals surface area contributed by atoms with E-state index in [2.05, 4.69) is 36.0 Å². The van der Waals surface area contributed by atoms with E-state index >= 15 is 0 Å². The van der Waals surface area contributed by atoms with Crippen LogP contribution in [0.1, 0.15) is 31.6 Å². The Balaban J connectivity index is 1.81. The predicted molar refractivity (Wildman–Crippen MR) is 70.2 cm³/mol. The fourth-order valence-electron chi connectivity index (χ4n) is 2.16. The van der Waals surface area contributed by atoms with Crippen molar-refractivity contribution in [1.82, 2.24) is 9.88 Å². The number of piperidine rings is 1. The molecule has 3 nitrogen and oxygen atoms in total. The van der Waals surface area contributed by atoms with Gasteiger partial charge in [0, 0.05) is 36.2 Å². The molecule has 1 aromatic heterocycles. The maximum absolute atomic E-state index is 4.36. The van der Waals surface area contributed by atoms with Gasteiger partial charge in [-0.05, 0) is 33.6 Å². The van der Waals surface area contributed by atoms with Crippen LogP contribution in [0.15, 0.2) is 6.20 Å². The van der Waals surface area contributed by atoms with E-state index in [9.17, 15) is 0 Å². The zero-order valence-corrected chi connectivity index (χ0v) is 11.2. The normalized spacial score (nSPS) is 19.2. The van der Waals surface area contributed by atoms with Crippen molar-refractivity contribution < 1.29 is 0 Å². The van der Waals surface area contributed by atoms with Crippen molar-refractivity contribution in [1.29, 1.82) is 0 Å². The zero-order valence-electron chi connectivity index (χ0n) is 10.4. The molecule has 0 unspecified atom stereocenters. The van der Waals surface area contributed by atoms with Crippen molar-refractivity contribution in [3.63, 3.8) is 0 Å². The average Bonchev–Trinajstić information content (AvgIpc) is 2.65. The van der Waals surface area contributed by atoms with Gasteiger partial charge in [0.15, 0.2) is 5.13 Å². The maximum atomic E-state index is 4.36. The Bertz CT molecular complexity index is 327. The minimum absolute atomic E-state index is 0.612. The smallest absolute Gasteiger partial charge is 0.183 e. The molecule has 90 valence electrons. The Morgan fingerprint density at radius 1 is 1.44 bits per heavy atom. The van der Waals surface area contributed by atoms with E-state index in [1.807, 2.05) is 6.20 Å². The molecular weight excluding hydrogens is 218 g/mol. The molecule has 1 saturated heterocycles. The summed E-state index contributed by atoms with van der Waals surface area (Å²) < 4.78 is 0. The van der Waals surface area contributed by atoms with E-state index in [1.54, 1.807) is 11.3 Å². The van der Waals surface area contributed by atoms with Gasteiger partial charge in [-0.3, -0.25) is 0 Å². The predicted octanol–water partition coefficient (Wildman–Crippen LogP) is 2.74. The molecule has 1 aliphatic heterocycles. The second kappa shape index (κ2) is 5.15. The Morgan fingerprint density at radius 2 is 2.12 bits per heavy atom. The lowest BCUT2D eigenvalue weighted by Crippen LogP contribution is -2.42. The molecule has 1 aliphatic rings. The third-order valence-electron chi connectivity index (χ3n) is 3.21. The first-order valence-electron chi connectivity index (χ1n) is 6.08. The highest BCUT2D eigenvalue weighted by Gasteiger charge is 2.20. The van der Waals surface area contributed by atoms with Gasteiger partial charge < -0.3 is 10.2 Å². The largest absolute Gasteiger partial charge is 0.359 e. The summed E-state index contributed by atoms with van der Waals surface area (Å²) >= 11 is 1.75. The summed E-state index contributed by atoms with van der Waals surface area (Å²) in [5.74, 6) is 0. The number of thiazole rings is 1. The second-order valence-electron chi connectivity index (χ2n) is 4.82. The standard InChI is InChI=1S/C12H21N3S/c1-9(2)15-6-4-11(5-7-15)14-12-13-8-10(3)16-12/h8-9,11H,4-7H2,1-3H3,(H,13,14). The van der Waals surface area contributed by atoms with Crippen LogP contribution in [-0.2, 0) is 0 Å². The highest BCUT2D eigenvalue weighted by molar-refractivity contribution is 7.15. The number of hydrogen-bond acceptors (Lipinski definition) is 4. The maximum Gasteiger partial charge on any atom is 0.183 e. The number of aromatic nitrogens is 1. The van der Waals surface area contributed by atoms with Crippen LogP contribution < -0.4 is 5.32 Å². The summed E-state index contributed by atoms with van der Waals surface area (Å²) in [6.07, 6.45) is 4.41. The van der Waals surface area contributed by atoms with Crippen molar-refractivity contribution in [2.75, 3.05) is 18.4 Å². The van der Waals surface area contributed by atoms with Crippen molar-refractivity contribution in [3.05, 3.63) is 11.1 Å². The van der Waals surface area contributed by atoms with Crippen LogP contribution >= 0.6 is 11.3 Å². The summed E-state index contributed by atoms with van der Waals surface area (Å²) in [4.78, 5) is 8.18. The van der Waals surface area contributed by atoms with Gasteiger partial charge in [0.1, 0.15) is 0 Å². The molecule has 0 amide bonds. The lowest BCUT2D eigenvalue weighted by atomic mass is 10.0. The quantitative estimate of drug-likeness (QED) is 0.879. The van der Waals surface area contributed by atoms with Crippen LogP contribution in [0.5, 0.6) is 0 Å². The fourth-order valence-corrected chi connectivity index (χ4v) is 2.90. The van der Waals surface area contributed by atoms with E-state index in [0.29, 0.717) is 12.1 Å². The zero-order chi connectivity index (χ0) is 11.5. The molecule has 0 aliphatic carbocycles. The third kappa shape index (κ3) is 2.95. The molecule has 0 saturated carbocycles. The first kappa shape index (κ1) is 11.9. The van der Waals surface area contributed by atoms with E-state index in [4.69, 9.17) is 0 Å². The summed E-state index contributed by atoms with van der Waals surface area (Å²) in [5, 5.41) is 4.63. The number of likely N-dealkylation sites (tertiary alicyclic amines) is 1. The molecule has 0 radical (unpaired) electrons. The van der Waals surface area contributed by atoms with Gasteiger partial charge in [-0.15, -0.1) is 11.3 Å². The van der Waals surface area contributed by atoms with Crippen LogP contribution in [0.25, 0.3) is 0 Å². The Hall–Kier alpha value is -0.610. The molecule has 2 heterocycles. The highest BCUT2D eigenvalue weighted by atomic mass is 32.1. The van der Waals surface area contributed by atoms with Gasteiger partial charge in [0.25, 0.3) is 0 Å². The first-order valence-corrected chi connectivity index (χ1v) is 6.90. The lowest BCUT2D eigenvalue weighted by Gasteiger charge is -2.34. The van der Waals surface area contributed by atoms with Gasteiger partial charge in [-0.2, -0.15) is 0 Å². The van der Waals surface area contributed by atoms with Gasteiger partial charge in [0.2, 0.25) is 0 Å². The van der Waals surface area contributed by atoms with Crippen molar-refractivity contribution in [2.24, 2.45) is 0 Å². The van der Waals surface area contributed by atoms with Crippen LogP contribution in [-0.4, -0.2) is 35.1 Å². The van der Waals surface area contributed by atoms with Gasteiger partial charge in [0.05, 0.1) is 0 Å². The lowest BCUT2D eigenvalue weighted by molar-refractivity contribution is 0.177. The molecule has 16 heavy (non-hydrogen) atoms. The van der Waals surface area contributed by atoms with E-state index in [1.165, 1.54) is 30.8 Å². The Labute approximate surface area is 102 Å². The molecule has 0 atom stereocenters. The molecule has 1 N–H and O–H groups in total. The number of anilines is 1. The van der Waals surface area contributed by atoms with Crippen LogP contribution in [0.4, 0.5) is 5.13 Å². The topological polar surface area (TPSA) is 28.2 Å². The summed E-state index contributed by atoms with van der Waals surface area (Å²) in [7, 11) is 0. The highest BCUT2D eigenvalue weighted by Crippen LogP contribution is 2.21.